The van der Waals surface area contributed by atoms with E-state index in [0.29, 0.717) is 17.7 Å². The van der Waals surface area contributed by atoms with E-state index in [1.165, 1.54) is 0 Å². The molecule has 2 aromatic carbocycles. The van der Waals surface area contributed by atoms with Crippen molar-refractivity contribution >= 4 is 34.4 Å². The van der Waals surface area contributed by atoms with Crippen molar-refractivity contribution in [3.05, 3.63) is 71.3 Å². The number of amides is 3. The summed E-state index contributed by atoms with van der Waals surface area (Å²) in [5.74, 6) is -0.445. The molecule has 1 aromatic heterocycles. The molecule has 3 amide bonds. The van der Waals surface area contributed by atoms with E-state index >= 15 is 0 Å². The number of rotatable bonds is 7. The van der Waals surface area contributed by atoms with Gasteiger partial charge in [0.15, 0.2) is 0 Å². The fraction of sp³-hybridized carbons (Fsp3) is 0.250. The predicted octanol–water partition coefficient (Wildman–Crippen LogP) is 1.98. The first-order valence-corrected chi connectivity index (χ1v) is 10.6. The van der Waals surface area contributed by atoms with Crippen molar-refractivity contribution in [1.82, 2.24) is 15.6 Å². The van der Waals surface area contributed by atoms with Crippen LogP contribution in [-0.2, 0) is 11.3 Å². The second-order valence-electron chi connectivity index (χ2n) is 7.77. The number of nitrogens with two attached hydrogens (primary N) is 1. The Morgan fingerprint density at radius 2 is 1.66 bits per heavy atom. The molecule has 1 aliphatic heterocycles. The van der Waals surface area contributed by atoms with Crippen LogP contribution in [0.15, 0.2) is 54.6 Å². The highest BCUT2D eigenvalue weighted by atomic mass is 16.2. The van der Waals surface area contributed by atoms with Crippen LogP contribution in [0.5, 0.6) is 0 Å². The van der Waals surface area contributed by atoms with Crippen LogP contribution >= 0.6 is 0 Å². The number of hydrogen-bond donors (Lipinski definition) is 3. The van der Waals surface area contributed by atoms with E-state index in [1.54, 1.807) is 24.3 Å². The Hall–Kier alpha value is -3.94. The number of carbonyl (C=O) groups excluding carboxylic acids is 3. The molecule has 0 bridgehead atoms. The van der Waals surface area contributed by atoms with Gasteiger partial charge in [-0.15, -0.1) is 0 Å². The van der Waals surface area contributed by atoms with Gasteiger partial charge in [0, 0.05) is 30.6 Å². The zero-order chi connectivity index (χ0) is 22.5. The lowest BCUT2D eigenvalue weighted by atomic mass is 10.1. The summed E-state index contributed by atoms with van der Waals surface area (Å²) in [7, 11) is 0. The van der Waals surface area contributed by atoms with Crippen LogP contribution in [0.4, 0.5) is 5.82 Å². The number of para-hydroxylation sites is 1. The minimum Gasteiger partial charge on any atom is -0.368 e. The third kappa shape index (κ3) is 4.85. The van der Waals surface area contributed by atoms with Gasteiger partial charge in [0.05, 0.1) is 17.6 Å². The van der Waals surface area contributed by atoms with Crippen molar-refractivity contribution < 1.29 is 14.4 Å². The monoisotopic (exact) mass is 431 g/mol. The smallest absolute Gasteiger partial charge is 0.255 e. The summed E-state index contributed by atoms with van der Waals surface area (Å²) in [5.41, 5.74) is 7.73. The molecule has 0 radical (unpaired) electrons. The molecular weight excluding hydrogens is 406 g/mol. The molecule has 164 valence electrons. The summed E-state index contributed by atoms with van der Waals surface area (Å²) in [4.78, 5) is 42.8. The Balaban J connectivity index is 1.47. The molecule has 32 heavy (non-hydrogen) atoms. The fourth-order valence-corrected chi connectivity index (χ4v) is 3.76. The van der Waals surface area contributed by atoms with Gasteiger partial charge >= 0.3 is 0 Å². The van der Waals surface area contributed by atoms with E-state index in [1.807, 2.05) is 30.3 Å². The molecular formula is C24H25N5O3. The van der Waals surface area contributed by atoms with Crippen molar-refractivity contribution in [1.29, 1.82) is 0 Å². The molecule has 8 heteroatoms. The van der Waals surface area contributed by atoms with Gasteiger partial charge in [0.2, 0.25) is 5.91 Å². The standard InChI is InChI=1S/C24H25N5O3/c25-21(30)15-27-23(31)17-9-7-16(8-10-17)14-26-24(32)19-13-18-5-1-2-6-20(18)28-22(19)29-11-3-4-12-29/h1-2,5-10,13H,3-4,11-12,14-15H2,(H2,25,30)(H,26,32)(H,27,31). The lowest BCUT2D eigenvalue weighted by molar-refractivity contribution is -0.117. The van der Waals surface area contributed by atoms with E-state index in [9.17, 15) is 14.4 Å². The van der Waals surface area contributed by atoms with Crippen molar-refractivity contribution in [2.75, 3.05) is 24.5 Å². The highest BCUT2D eigenvalue weighted by molar-refractivity contribution is 6.02. The number of aromatic nitrogens is 1. The van der Waals surface area contributed by atoms with Crippen LogP contribution in [0, 0.1) is 0 Å². The van der Waals surface area contributed by atoms with Crippen LogP contribution in [0.3, 0.4) is 0 Å². The number of nitrogens with zero attached hydrogens (tertiary/aromatic N) is 2. The highest BCUT2D eigenvalue weighted by Crippen LogP contribution is 2.26. The quantitative estimate of drug-likeness (QED) is 0.529. The van der Waals surface area contributed by atoms with E-state index in [-0.39, 0.29) is 18.4 Å². The molecule has 0 spiro atoms. The number of fused-ring (bicyclic) bond motifs is 1. The Labute approximate surface area is 185 Å². The fourth-order valence-electron chi connectivity index (χ4n) is 3.76. The Morgan fingerprint density at radius 1 is 0.938 bits per heavy atom. The number of pyridine rings is 1. The van der Waals surface area contributed by atoms with Gasteiger partial charge in [-0.05, 0) is 42.7 Å². The van der Waals surface area contributed by atoms with Gasteiger partial charge < -0.3 is 21.3 Å². The van der Waals surface area contributed by atoms with Gasteiger partial charge in [0.1, 0.15) is 5.82 Å². The molecule has 4 rings (SSSR count). The molecule has 1 aliphatic rings. The molecule has 4 N–H and O–H groups in total. The van der Waals surface area contributed by atoms with Gasteiger partial charge in [-0.1, -0.05) is 30.3 Å². The Morgan fingerprint density at radius 3 is 2.38 bits per heavy atom. The maximum absolute atomic E-state index is 13.1. The Kier molecular flexibility index (Phi) is 6.30. The van der Waals surface area contributed by atoms with Crippen LogP contribution in [0.25, 0.3) is 10.9 Å². The zero-order valence-corrected chi connectivity index (χ0v) is 17.6. The first kappa shape index (κ1) is 21.3. The SMILES string of the molecule is NC(=O)CNC(=O)c1ccc(CNC(=O)c2cc3ccccc3nc2N2CCCC2)cc1. The number of hydrogen-bond acceptors (Lipinski definition) is 5. The van der Waals surface area contributed by atoms with Gasteiger partial charge in [0.25, 0.3) is 11.8 Å². The second-order valence-corrected chi connectivity index (χ2v) is 7.77. The largest absolute Gasteiger partial charge is 0.368 e. The first-order valence-electron chi connectivity index (χ1n) is 10.6. The third-order valence-electron chi connectivity index (χ3n) is 5.45. The maximum Gasteiger partial charge on any atom is 0.255 e. The topological polar surface area (TPSA) is 117 Å². The highest BCUT2D eigenvalue weighted by Gasteiger charge is 2.22. The average molecular weight is 431 g/mol. The first-order chi connectivity index (χ1) is 15.5. The Bertz CT molecular complexity index is 1150. The summed E-state index contributed by atoms with van der Waals surface area (Å²) < 4.78 is 0. The van der Waals surface area contributed by atoms with E-state index in [2.05, 4.69) is 15.5 Å². The molecule has 1 saturated heterocycles. The van der Waals surface area contributed by atoms with Crippen LogP contribution in [0.2, 0.25) is 0 Å². The van der Waals surface area contributed by atoms with E-state index in [4.69, 9.17) is 10.7 Å². The molecule has 1 fully saturated rings. The second kappa shape index (κ2) is 9.47. The van der Waals surface area contributed by atoms with Crippen molar-refractivity contribution in [2.24, 2.45) is 5.73 Å². The third-order valence-corrected chi connectivity index (χ3v) is 5.45. The minimum absolute atomic E-state index is 0.187. The number of nitrogens with one attached hydrogen (secondary N) is 2. The lowest BCUT2D eigenvalue weighted by Gasteiger charge is -2.20. The maximum atomic E-state index is 13.1. The van der Waals surface area contributed by atoms with Crippen molar-refractivity contribution in [3.8, 4) is 0 Å². The molecule has 0 aliphatic carbocycles. The summed E-state index contributed by atoms with van der Waals surface area (Å²) in [6, 6.07) is 16.5. The van der Waals surface area contributed by atoms with Gasteiger partial charge in [-0.3, -0.25) is 14.4 Å². The van der Waals surface area contributed by atoms with Crippen LogP contribution < -0.4 is 21.3 Å². The molecule has 3 aromatic rings. The normalized spacial score (nSPS) is 13.2. The predicted molar refractivity (Wildman–Crippen MR) is 122 cm³/mol. The van der Waals surface area contributed by atoms with E-state index < -0.39 is 5.91 Å². The number of primary amides is 1. The van der Waals surface area contributed by atoms with E-state index in [0.717, 1.165) is 48.2 Å². The minimum atomic E-state index is -0.603. The lowest BCUT2D eigenvalue weighted by Crippen LogP contribution is -2.33. The van der Waals surface area contributed by atoms with Crippen LogP contribution in [-0.4, -0.2) is 42.3 Å². The number of carbonyl (C=O) groups is 3. The zero-order valence-electron chi connectivity index (χ0n) is 17.6. The molecule has 8 nitrogen and oxygen atoms in total. The summed E-state index contributed by atoms with van der Waals surface area (Å²) in [5, 5.41) is 6.33. The van der Waals surface area contributed by atoms with Crippen molar-refractivity contribution in [3.63, 3.8) is 0 Å². The summed E-state index contributed by atoms with van der Waals surface area (Å²) >= 11 is 0. The summed E-state index contributed by atoms with van der Waals surface area (Å²) in [6.45, 7) is 1.89. The molecule has 2 heterocycles. The molecule has 0 unspecified atom stereocenters. The average Bonchev–Trinajstić information content (AvgIpc) is 3.35. The molecule has 0 saturated carbocycles. The van der Waals surface area contributed by atoms with Gasteiger partial charge in [-0.2, -0.15) is 0 Å². The van der Waals surface area contributed by atoms with Crippen molar-refractivity contribution in [2.45, 2.75) is 19.4 Å². The number of anilines is 1. The van der Waals surface area contributed by atoms with Gasteiger partial charge in [-0.25, -0.2) is 4.98 Å². The summed E-state index contributed by atoms with van der Waals surface area (Å²) in [6.07, 6.45) is 2.18. The molecule has 0 atom stereocenters. The van der Waals surface area contributed by atoms with Crippen LogP contribution in [0.1, 0.15) is 39.1 Å². The number of benzene rings is 2.